The molecule has 25 heavy (non-hydrogen) atoms. The molecule has 1 fully saturated rings. The van der Waals surface area contributed by atoms with Crippen LogP contribution in [0.15, 0.2) is 28.1 Å². The fourth-order valence-corrected chi connectivity index (χ4v) is 2.49. The number of aromatic amines is 1. The van der Waals surface area contributed by atoms with E-state index in [1.54, 1.807) is 6.21 Å². The van der Waals surface area contributed by atoms with E-state index in [4.69, 9.17) is 14.2 Å². The second kappa shape index (κ2) is 6.77. The number of anilines is 2. The lowest BCUT2D eigenvalue weighted by Gasteiger charge is -2.26. The monoisotopic (exact) mass is 344 g/mol. The second-order valence-corrected chi connectivity index (χ2v) is 5.38. The van der Waals surface area contributed by atoms with Gasteiger partial charge in [-0.2, -0.15) is 15.1 Å². The zero-order valence-electron chi connectivity index (χ0n) is 13.3. The Morgan fingerprint density at radius 2 is 2.04 bits per heavy atom. The minimum absolute atomic E-state index is 0.221. The molecule has 10 heteroatoms. The Labute approximate surface area is 142 Å². The third-order valence-corrected chi connectivity index (χ3v) is 3.71. The van der Waals surface area contributed by atoms with Crippen LogP contribution in [0.1, 0.15) is 5.56 Å². The highest BCUT2D eigenvalue weighted by atomic mass is 16.7. The topological polar surface area (TPSA) is 114 Å². The molecule has 1 aromatic heterocycles. The number of rotatable bonds is 4. The van der Waals surface area contributed by atoms with Crippen molar-refractivity contribution in [2.24, 2.45) is 5.10 Å². The van der Waals surface area contributed by atoms with E-state index in [2.05, 4.69) is 25.5 Å². The van der Waals surface area contributed by atoms with Gasteiger partial charge in [-0.25, -0.2) is 10.2 Å². The van der Waals surface area contributed by atoms with Gasteiger partial charge in [0.05, 0.1) is 19.4 Å². The molecule has 2 aliphatic rings. The normalized spacial score (nSPS) is 16.4. The van der Waals surface area contributed by atoms with Crippen molar-refractivity contribution >= 4 is 18.1 Å². The number of hydrogen-bond donors (Lipinski definition) is 2. The van der Waals surface area contributed by atoms with Crippen molar-refractivity contribution in [3.8, 4) is 11.5 Å². The van der Waals surface area contributed by atoms with E-state index in [0.29, 0.717) is 43.8 Å². The van der Waals surface area contributed by atoms with Crippen molar-refractivity contribution in [2.75, 3.05) is 43.4 Å². The van der Waals surface area contributed by atoms with Gasteiger partial charge in [0, 0.05) is 13.1 Å². The lowest BCUT2D eigenvalue weighted by molar-refractivity contribution is 0.122. The van der Waals surface area contributed by atoms with E-state index in [0.717, 1.165) is 5.56 Å². The SMILES string of the molecule is O=c1nc(N2CCOCC2)nc(NN=Cc2ccc3c(c2)OCO3)[nH]1. The van der Waals surface area contributed by atoms with E-state index in [1.807, 2.05) is 23.1 Å². The van der Waals surface area contributed by atoms with Crippen LogP contribution in [0.4, 0.5) is 11.9 Å². The molecule has 10 nitrogen and oxygen atoms in total. The van der Waals surface area contributed by atoms with E-state index < -0.39 is 5.69 Å². The number of benzene rings is 1. The Hall–Kier alpha value is -3.14. The summed E-state index contributed by atoms with van der Waals surface area (Å²) in [4.78, 5) is 24.3. The number of H-pyrrole nitrogens is 1. The summed E-state index contributed by atoms with van der Waals surface area (Å²) >= 11 is 0. The number of hydrazone groups is 1. The molecule has 1 saturated heterocycles. The quantitative estimate of drug-likeness (QED) is 0.596. The zero-order valence-corrected chi connectivity index (χ0v) is 13.3. The van der Waals surface area contributed by atoms with Gasteiger partial charge in [0.1, 0.15) is 0 Å². The minimum Gasteiger partial charge on any atom is -0.454 e. The van der Waals surface area contributed by atoms with Gasteiger partial charge in [-0.3, -0.25) is 4.98 Å². The van der Waals surface area contributed by atoms with E-state index in [-0.39, 0.29) is 12.7 Å². The molecule has 0 radical (unpaired) electrons. The molecule has 3 heterocycles. The van der Waals surface area contributed by atoms with Crippen LogP contribution in [0.5, 0.6) is 11.5 Å². The first-order chi connectivity index (χ1) is 12.3. The van der Waals surface area contributed by atoms with Gasteiger partial charge in [0.2, 0.25) is 18.7 Å². The number of fused-ring (bicyclic) bond motifs is 1. The fraction of sp³-hybridized carbons (Fsp3) is 0.333. The van der Waals surface area contributed by atoms with Crippen LogP contribution < -0.4 is 25.5 Å². The van der Waals surface area contributed by atoms with E-state index in [9.17, 15) is 4.79 Å². The zero-order chi connectivity index (χ0) is 17.1. The Morgan fingerprint density at radius 1 is 1.20 bits per heavy atom. The molecule has 4 rings (SSSR count). The highest BCUT2D eigenvalue weighted by molar-refractivity contribution is 5.81. The molecule has 130 valence electrons. The van der Waals surface area contributed by atoms with Gasteiger partial charge in [-0.1, -0.05) is 0 Å². The molecule has 0 amide bonds. The second-order valence-electron chi connectivity index (χ2n) is 5.38. The van der Waals surface area contributed by atoms with Crippen molar-refractivity contribution in [3.63, 3.8) is 0 Å². The fourth-order valence-electron chi connectivity index (χ4n) is 2.49. The highest BCUT2D eigenvalue weighted by Gasteiger charge is 2.15. The van der Waals surface area contributed by atoms with Crippen LogP contribution in [-0.4, -0.2) is 54.3 Å². The van der Waals surface area contributed by atoms with Crippen molar-refractivity contribution in [3.05, 3.63) is 34.2 Å². The number of ether oxygens (including phenoxy) is 3. The van der Waals surface area contributed by atoms with Gasteiger partial charge in [0.25, 0.3) is 0 Å². The van der Waals surface area contributed by atoms with Crippen LogP contribution in [0.25, 0.3) is 0 Å². The van der Waals surface area contributed by atoms with E-state index in [1.165, 1.54) is 0 Å². The number of aromatic nitrogens is 3. The van der Waals surface area contributed by atoms with Crippen molar-refractivity contribution in [1.82, 2.24) is 15.0 Å². The van der Waals surface area contributed by atoms with Crippen molar-refractivity contribution in [1.29, 1.82) is 0 Å². The van der Waals surface area contributed by atoms with Crippen LogP contribution in [0.3, 0.4) is 0 Å². The average molecular weight is 344 g/mol. The van der Waals surface area contributed by atoms with Crippen LogP contribution in [-0.2, 0) is 4.74 Å². The predicted octanol–water partition coefficient (Wildman–Crippen LogP) is 0.176. The third-order valence-electron chi connectivity index (χ3n) is 3.71. The predicted molar refractivity (Wildman–Crippen MR) is 89.5 cm³/mol. The van der Waals surface area contributed by atoms with Gasteiger partial charge in [-0.15, -0.1) is 0 Å². The van der Waals surface area contributed by atoms with E-state index >= 15 is 0 Å². The Kier molecular flexibility index (Phi) is 4.17. The number of nitrogens with zero attached hydrogens (tertiary/aromatic N) is 4. The Balaban J connectivity index is 1.47. The largest absolute Gasteiger partial charge is 0.454 e. The standard InChI is InChI=1S/C15H16N6O4/c22-15-18-13(17-14(19-15)21-3-5-23-6-4-21)20-16-8-10-1-2-11-12(7-10)25-9-24-11/h1-2,7-8H,3-6,9H2,(H2,17,18,19,20,22). The molecule has 0 unspecified atom stereocenters. The molecular weight excluding hydrogens is 328 g/mol. The van der Waals surface area contributed by atoms with Crippen molar-refractivity contribution in [2.45, 2.75) is 0 Å². The van der Waals surface area contributed by atoms with Gasteiger partial charge < -0.3 is 19.1 Å². The molecule has 0 saturated carbocycles. The van der Waals surface area contributed by atoms with Crippen LogP contribution in [0.2, 0.25) is 0 Å². The number of nitrogens with one attached hydrogen (secondary N) is 2. The lowest BCUT2D eigenvalue weighted by atomic mass is 10.2. The lowest BCUT2D eigenvalue weighted by Crippen LogP contribution is -2.38. The molecule has 0 aliphatic carbocycles. The maximum Gasteiger partial charge on any atom is 0.351 e. The van der Waals surface area contributed by atoms with Gasteiger partial charge in [-0.05, 0) is 23.8 Å². The Morgan fingerprint density at radius 3 is 2.92 bits per heavy atom. The number of morpholine rings is 1. The van der Waals surface area contributed by atoms with Gasteiger partial charge >= 0.3 is 5.69 Å². The minimum atomic E-state index is -0.489. The summed E-state index contributed by atoms with van der Waals surface area (Å²) in [6.07, 6.45) is 1.59. The first kappa shape index (κ1) is 15.4. The Bertz CT molecular complexity index is 846. The summed E-state index contributed by atoms with van der Waals surface area (Å²) in [5, 5.41) is 4.09. The summed E-state index contributed by atoms with van der Waals surface area (Å²) in [6.45, 7) is 2.68. The van der Waals surface area contributed by atoms with Crippen LogP contribution in [0, 0.1) is 0 Å². The molecule has 1 aromatic carbocycles. The molecule has 2 aliphatic heterocycles. The first-order valence-electron chi connectivity index (χ1n) is 7.78. The maximum atomic E-state index is 11.7. The molecule has 2 aromatic rings. The average Bonchev–Trinajstić information content (AvgIpc) is 3.10. The summed E-state index contributed by atoms with van der Waals surface area (Å²) in [7, 11) is 0. The van der Waals surface area contributed by atoms with Crippen molar-refractivity contribution < 1.29 is 14.2 Å². The third kappa shape index (κ3) is 3.53. The summed E-state index contributed by atoms with van der Waals surface area (Å²) in [6, 6.07) is 5.47. The molecule has 0 bridgehead atoms. The molecule has 0 spiro atoms. The molecular formula is C15H16N6O4. The summed E-state index contributed by atoms with van der Waals surface area (Å²) in [5.41, 5.74) is 3.05. The first-order valence-corrected chi connectivity index (χ1v) is 7.78. The van der Waals surface area contributed by atoms with Gasteiger partial charge in [0.15, 0.2) is 11.5 Å². The smallest absolute Gasteiger partial charge is 0.351 e. The number of hydrogen-bond acceptors (Lipinski definition) is 9. The molecule has 0 atom stereocenters. The highest BCUT2D eigenvalue weighted by Crippen LogP contribution is 2.31. The summed E-state index contributed by atoms with van der Waals surface area (Å²) in [5.74, 6) is 1.96. The molecule has 2 N–H and O–H groups in total. The maximum absolute atomic E-state index is 11.7. The summed E-state index contributed by atoms with van der Waals surface area (Å²) < 4.78 is 15.9. The van der Waals surface area contributed by atoms with Crippen LogP contribution >= 0.6 is 0 Å².